The number of likely N-dealkylation sites (tertiary alicyclic amines) is 2. The molecule has 9 heteroatoms. The molecule has 29 heavy (non-hydrogen) atoms. The third-order valence-electron chi connectivity index (χ3n) is 6.16. The van der Waals surface area contributed by atoms with Crippen molar-refractivity contribution in [1.29, 1.82) is 0 Å². The maximum atomic E-state index is 12.2. The SMILES string of the molecule is CC(C)C(=O)N1CCC2(CC1)CN(C)CC2COCC1CC1.O=C(O)C(F)(F)F. The van der Waals surface area contributed by atoms with Crippen molar-refractivity contribution < 1.29 is 32.6 Å². The van der Waals surface area contributed by atoms with Crippen LogP contribution in [-0.2, 0) is 14.3 Å². The van der Waals surface area contributed by atoms with Crippen molar-refractivity contribution in [3.05, 3.63) is 0 Å². The van der Waals surface area contributed by atoms with E-state index in [0.29, 0.717) is 17.2 Å². The average molecular weight is 422 g/mol. The van der Waals surface area contributed by atoms with Crippen LogP contribution in [0.15, 0.2) is 0 Å². The van der Waals surface area contributed by atoms with E-state index in [0.717, 1.165) is 51.6 Å². The van der Waals surface area contributed by atoms with Crippen molar-refractivity contribution in [2.75, 3.05) is 46.4 Å². The van der Waals surface area contributed by atoms with Gasteiger partial charge in [0.15, 0.2) is 0 Å². The second-order valence-electron chi connectivity index (χ2n) is 9.02. The molecule has 0 aromatic carbocycles. The van der Waals surface area contributed by atoms with Gasteiger partial charge in [-0.2, -0.15) is 13.2 Å². The van der Waals surface area contributed by atoms with E-state index in [9.17, 15) is 18.0 Å². The van der Waals surface area contributed by atoms with Gasteiger partial charge >= 0.3 is 12.1 Å². The number of carboxylic acids is 1. The summed E-state index contributed by atoms with van der Waals surface area (Å²) in [5, 5.41) is 7.12. The summed E-state index contributed by atoms with van der Waals surface area (Å²) in [6.07, 6.45) is -0.0650. The summed E-state index contributed by atoms with van der Waals surface area (Å²) in [6, 6.07) is 0. The van der Waals surface area contributed by atoms with Crippen LogP contribution < -0.4 is 0 Å². The summed E-state index contributed by atoms with van der Waals surface area (Å²) >= 11 is 0. The fourth-order valence-corrected chi connectivity index (χ4v) is 4.30. The molecule has 3 fully saturated rings. The highest BCUT2D eigenvalue weighted by molar-refractivity contribution is 5.78. The Kier molecular flexibility index (Phi) is 7.95. The number of hydrogen-bond donors (Lipinski definition) is 1. The molecule has 1 amide bonds. The molecular weight excluding hydrogens is 389 g/mol. The molecule has 2 heterocycles. The van der Waals surface area contributed by atoms with Crippen molar-refractivity contribution in [3.8, 4) is 0 Å². The summed E-state index contributed by atoms with van der Waals surface area (Å²) in [7, 11) is 2.23. The third-order valence-corrected chi connectivity index (χ3v) is 6.16. The van der Waals surface area contributed by atoms with Gasteiger partial charge in [0.1, 0.15) is 0 Å². The van der Waals surface area contributed by atoms with Crippen LogP contribution in [0.3, 0.4) is 0 Å². The third kappa shape index (κ3) is 6.84. The number of carboxylic acid groups (broad SMARTS) is 1. The lowest BCUT2D eigenvalue weighted by atomic mass is 9.71. The van der Waals surface area contributed by atoms with Gasteiger partial charge in [-0.25, -0.2) is 4.79 Å². The molecule has 1 saturated carbocycles. The lowest BCUT2D eigenvalue weighted by Crippen LogP contribution is -2.48. The molecule has 2 aliphatic heterocycles. The molecule has 0 aromatic rings. The van der Waals surface area contributed by atoms with E-state index in [1.54, 1.807) is 0 Å². The second-order valence-corrected chi connectivity index (χ2v) is 9.02. The van der Waals surface area contributed by atoms with E-state index in [4.69, 9.17) is 14.6 Å². The Hall–Kier alpha value is -1.35. The summed E-state index contributed by atoms with van der Waals surface area (Å²) in [6.45, 7) is 10.1. The Balaban J connectivity index is 0.000000370. The van der Waals surface area contributed by atoms with E-state index in [2.05, 4.69) is 16.8 Å². The molecule has 1 aliphatic carbocycles. The second kappa shape index (κ2) is 9.64. The van der Waals surface area contributed by atoms with E-state index >= 15 is 0 Å². The first-order valence-corrected chi connectivity index (χ1v) is 10.3. The fourth-order valence-electron chi connectivity index (χ4n) is 4.30. The number of piperidine rings is 1. The molecule has 1 N–H and O–H groups in total. The molecule has 168 valence electrons. The first kappa shape index (κ1) is 23.9. The van der Waals surface area contributed by atoms with E-state index in [-0.39, 0.29) is 5.92 Å². The van der Waals surface area contributed by atoms with Crippen LogP contribution in [0.25, 0.3) is 0 Å². The van der Waals surface area contributed by atoms with Crippen molar-refractivity contribution in [3.63, 3.8) is 0 Å². The normalized spacial score (nSPS) is 24.5. The minimum absolute atomic E-state index is 0.123. The van der Waals surface area contributed by atoms with Crippen molar-refractivity contribution in [2.24, 2.45) is 23.2 Å². The molecular formula is C20H33F3N2O4. The summed E-state index contributed by atoms with van der Waals surface area (Å²) in [5.74, 6) is -0.818. The summed E-state index contributed by atoms with van der Waals surface area (Å²) in [4.78, 5) is 25.6. The van der Waals surface area contributed by atoms with Crippen molar-refractivity contribution in [1.82, 2.24) is 9.80 Å². The summed E-state index contributed by atoms with van der Waals surface area (Å²) in [5.41, 5.74) is 0.381. The van der Waals surface area contributed by atoms with Crippen LogP contribution in [0.1, 0.15) is 39.5 Å². The Morgan fingerprint density at radius 1 is 1.17 bits per heavy atom. The fraction of sp³-hybridized carbons (Fsp3) is 0.900. The quantitative estimate of drug-likeness (QED) is 0.738. The number of nitrogens with zero attached hydrogens (tertiary/aromatic N) is 2. The lowest BCUT2D eigenvalue weighted by molar-refractivity contribution is -0.192. The van der Waals surface area contributed by atoms with Gasteiger partial charge in [-0.05, 0) is 44.1 Å². The molecule has 2 saturated heterocycles. The number of amides is 1. The van der Waals surface area contributed by atoms with Crippen molar-refractivity contribution in [2.45, 2.75) is 45.7 Å². The number of aliphatic carboxylic acids is 1. The zero-order chi connectivity index (χ0) is 21.8. The minimum Gasteiger partial charge on any atom is -0.475 e. The van der Waals surface area contributed by atoms with Gasteiger partial charge < -0.3 is 19.6 Å². The molecule has 0 aromatic heterocycles. The average Bonchev–Trinajstić information content (AvgIpc) is 3.39. The predicted octanol–water partition coefficient (Wildman–Crippen LogP) is 2.87. The van der Waals surface area contributed by atoms with Gasteiger partial charge in [0.2, 0.25) is 5.91 Å². The first-order valence-electron chi connectivity index (χ1n) is 10.3. The van der Waals surface area contributed by atoms with Gasteiger partial charge in [0, 0.05) is 44.6 Å². The van der Waals surface area contributed by atoms with Crippen LogP contribution in [0.2, 0.25) is 0 Å². The van der Waals surface area contributed by atoms with Gasteiger partial charge in [-0.15, -0.1) is 0 Å². The van der Waals surface area contributed by atoms with Crippen LogP contribution in [0.4, 0.5) is 13.2 Å². The zero-order valence-corrected chi connectivity index (χ0v) is 17.5. The lowest BCUT2D eigenvalue weighted by Gasteiger charge is -2.43. The van der Waals surface area contributed by atoms with Crippen LogP contribution >= 0.6 is 0 Å². The Bertz CT molecular complexity index is 571. The largest absolute Gasteiger partial charge is 0.490 e. The minimum atomic E-state index is -5.08. The van der Waals surface area contributed by atoms with Gasteiger partial charge in [-0.3, -0.25) is 4.79 Å². The standard InChI is InChI=1S/C18H32N2O2.C2HF3O2/c1-14(2)17(21)20-8-6-18(7-9-20)13-19(3)10-16(18)12-22-11-15-4-5-15;3-2(4,5)1(6)7/h14-16H,4-13H2,1-3H3;(H,6,7). The molecule has 6 nitrogen and oxygen atoms in total. The molecule has 1 atom stereocenters. The molecule has 3 aliphatic rings. The van der Waals surface area contributed by atoms with E-state index in [1.165, 1.54) is 19.4 Å². The number of carbonyl (C=O) groups is 2. The summed E-state index contributed by atoms with van der Waals surface area (Å²) < 4.78 is 37.8. The monoisotopic (exact) mass is 422 g/mol. The molecule has 1 spiro atoms. The maximum Gasteiger partial charge on any atom is 0.490 e. The molecule has 0 bridgehead atoms. The van der Waals surface area contributed by atoms with Gasteiger partial charge in [-0.1, -0.05) is 13.8 Å². The maximum absolute atomic E-state index is 12.2. The number of rotatable bonds is 5. The topological polar surface area (TPSA) is 70.1 Å². The van der Waals surface area contributed by atoms with E-state index < -0.39 is 12.1 Å². The van der Waals surface area contributed by atoms with Crippen LogP contribution in [0.5, 0.6) is 0 Å². The zero-order valence-electron chi connectivity index (χ0n) is 17.5. The van der Waals surface area contributed by atoms with Crippen molar-refractivity contribution >= 4 is 11.9 Å². The highest BCUT2D eigenvalue weighted by Gasteiger charge is 2.47. The molecule has 0 radical (unpaired) electrons. The molecule has 1 unspecified atom stereocenters. The highest BCUT2D eigenvalue weighted by Crippen LogP contribution is 2.44. The smallest absolute Gasteiger partial charge is 0.475 e. The number of carbonyl (C=O) groups excluding carboxylic acids is 1. The van der Waals surface area contributed by atoms with E-state index in [1.807, 2.05) is 13.8 Å². The Morgan fingerprint density at radius 2 is 1.72 bits per heavy atom. The van der Waals surface area contributed by atoms with Gasteiger partial charge in [0.25, 0.3) is 0 Å². The predicted molar refractivity (Wildman–Crippen MR) is 101 cm³/mol. The number of ether oxygens (including phenoxy) is 1. The van der Waals surface area contributed by atoms with Gasteiger partial charge in [0.05, 0.1) is 6.61 Å². The number of alkyl halides is 3. The Labute approximate surface area is 170 Å². The van der Waals surface area contributed by atoms with Crippen LogP contribution in [0, 0.1) is 23.2 Å². The highest BCUT2D eigenvalue weighted by atomic mass is 19.4. The molecule has 3 rings (SSSR count). The number of halogens is 3. The number of hydrogen-bond acceptors (Lipinski definition) is 4. The van der Waals surface area contributed by atoms with Crippen LogP contribution in [-0.4, -0.2) is 79.4 Å². The Morgan fingerprint density at radius 3 is 2.17 bits per heavy atom. The first-order chi connectivity index (χ1) is 13.4.